The van der Waals surface area contributed by atoms with Gasteiger partial charge in [0.15, 0.2) is 11.5 Å². The van der Waals surface area contributed by atoms with Crippen LogP contribution in [0.3, 0.4) is 0 Å². The number of rotatable bonds is 6. The number of nitrogens with one attached hydrogen (secondary N) is 1. The van der Waals surface area contributed by atoms with Crippen molar-refractivity contribution in [2.75, 3.05) is 32.2 Å². The van der Waals surface area contributed by atoms with Crippen LogP contribution in [0.5, 0.6) is 11.5 Å². The number of hydrogen-bond acceptors (Lipinski definition) is 6. The maximum Gasteiger partial charge on any atom is 0.299 e. The molecule has 2 aromatic carbocycles. The van der Waals surface area contributed by atoms with Gasteiger partial charge in [0.2, 0.25) is 0 Å². The number of hydrogen-bond donors (Lipinski definition) is 1. The highest BCUT2D eigenvalue weighted by atomic mass is 32.2. The predicted octanol–water partition coefficient (Wildman–Crippen LogP) is 5.60. The third-order valence-corrected chi connectivity index (χ3v) is 7.82. The molecule has 0 radical (unpaired) electrons. The van der Waals surface area contributed by atoms with Crippen molar-refractivity contribution in [2.45, 2.75) is 51.2 Å². The van der Waals surface area contributed by atoms with Crippen molar-refractivity contribution in [3.05, 3.63) is 53.1 Å². The van der Waals surface area contributed by atoms with E-state index in [2.05, 4.69) is 61.3 Å². The first-order chi connectivity index (χ1) is 16.8. The fourth-order valence-corrected chi connectivity index (χ4v) is 5.54. The van der Waals surface area contributed by atoms with E-state index in [1.807, 2.05) is 18.2 Å². The molecule has 2 aromatic rings. The lowest BCUT2D eigenvalue weighted by atomic mass is 9.76. The number of benzene rings is 2. The van der Waals surface area contributed by atoms with Crippen LogP contribution in [-0.4, -0.2) is 49.3 Å². The molecule has 0 aromatic heterocycles. The number of aliphatic imine (C=N–C) groups is 1. The fourth-order valence-electron chi connectivity index (χ4n) is 4.71. The quantitative estimate of drug-likeness (QED) is 0.418. The molecule has 1 atom stereocenters. The smallest absolute Gasteiger partial charge is 0.299 e. The van der Waals surface area contributed by atoms with E-state index in [9.17, 15) is 4.79 Å². The summed E-state index contributed by atoms with van der Waals surface area (Å²) in [6.07, 6.45) is 1.82. The van der Waals surface area contributed by atoms with E-state index in [-0.39, 0.29) is 15.9 Å². The molecule has 35 heavy (non-hydrogen) atoms. The Morgan fingerprint density at radius 2 is 1.94 bits per heavy atom. The first-order valence-corrected chi connectivity index (χ1v) is 12.9. The maximum atomic E-state index is 11.9. The van der Waals surface area contributed by atoms with E-state index in [4.69, 9.17) is 14.5 Å². The van der Waals surface area contributed by atoms with Gasteiger partial charge in [0, 0.05) is 24.3 Å². The zero-order valence-corrected chi connectivity index (χ0v) is 22.2. The van der Waals surface area contributed by atoms with Gasteiger partial charge >= 0.3 is 0 Å². The Kier molecular flexibility index (Phi) is 7.40. The minimum atomic E-state index is -0.0968. The van der Waals surface area contributed by atoms with Gasteiger partial charge in [-0.25, -0.2) is 5.43 Å². The molecule has 0 fully saturated rings. The molecule has 4 rings (SSSR count). The van der Waals surface area contributed by atoms with Gasteiger partial charge in [-0.1, -0.05) is 38.6 Å². The summed E-state index contributed by atoms with van der Waals surface area (Å²) in [5, 5.41) is 4.38. The normalized spacial score (nSPS) is 19.5. The number of thioether (sulfide) groups is 1. The van der Waals surface area contributed by atoms with E-state index in [1.165, 1.54) is 17.3 Å². The highest BCUT2D eigenvalue weighted by molar-refractivity contribution is 8.14. The first kappa shape index (κ1) is 25.1. The molecule has 1 N–H and O–H groups in total. The van der Waals surface area contributed by atoms with E-state index in [0.717, 1.165) is 47.7 Å². The van der Waals surface area contributed by atoms with Crippen molar-refractivity contribution in [1.82, 2.24) is 5.43 Å². The first-order valence-electron chi connectivity index (χ1n) is 12.1. The Hall–Kier alpha value is -3.00. The van der Waals surface area contributed by atoms with Crippen LogP contribution >= 0.6 is 11.8 Å². The van der Waals surface area contributed by atoms with Gasteiger partial charge in [0.05, 0.1) is 25.2 Å². The molecule has 0 spiro atoms. The van der Waals surface area contributed by atoms with Crippen molar-refractivity contribution in [2.24, 2.45) is 10.1 Å². The van der Waals surface area contributed by atoms with Crippen LogP contribution in [0.25, 0.3) is 0 Å². The molecule has 0 bridgehead atoms. The topological polar surface area (TPSA) is 75.5 Å². The highest BCUT2D eigenvalue weighted by Gasteiger charge is 2.35. The summed E-state index contributed by atoms with van der Waals surface area (Å²) in [4.78, 5) is 19.1. The molecule has 0 aliphatic carbocycles. The van der Waals surface area contributed by atoms with Crippen LogP contribution < -0.4 is 19.8 Å². The van der Waals surface area contributed by atoms with Gasteiger partial charge in [-0.2, -0.15) is 5.10 Å². The number of ether oxygens (including phenoxy) is 2. The molecular formula is C27H34N4O3S. The number of carbonyl (C=O) groups is 1. The van der Waals surface area contributed by atoms with Gasteiger partial charge in [-0.05, 0) is 66.6 Å². The SMILES string of the molecule is CC/N=C(/c1ccc(OC)c(OC)c1)N1CCC(C)(C)c2cc(C3=NNC(=O)SC3CC)ccc21. The minimum Gasteiger partial charge on any atom is -0.493 e. The summed E-state index contributed by atoms with van der Waals surface area (Å²) < 4.78 is 11.0. The van der Waals surface area contributed by atoms with Crippen LogP contribution in [0.4, 0.5) is 10.5 Å². The number of hydrazone groups is 1. The number of carbonyl (C=O) groups excluding carboxylic acids is 1. The molecule has 0 saturated heterocycles. The van der Waals surface area contributed by atoms with Crippen LogP contribution in [0.2, 0.25) is 0 Å². The van der Waals surface area contributed by atoms with Crippen LogP contribution in [-0.2, 0) is 5.41 Å². The van der Waals surface area contributed by atoms with Crippen LogP contribution in [0.1, 0.15) is 57.2 Å². The second-order valence-corrected chi connectivity index (χ2v) is 10.5. The van der Waals surface area contributed by atoms with E-state index >= 15 is 0 Å². The molecule has 1 unspecified atom stereocenters. The molecular weight excluding hydrogens is 460 g/mol. The Morgan fingerprint density at radius 1 is 1.17 bits per heavy atom. The van der Waals surface area contributed by atoms with Gasteiger partial charge in [0.25, 0.3) is 5.24 Å². The molecule has 0 saturated carbocycles. The average Bonchev–Trinajstić information content (AvgIpc) is 2.87. The number of methoxy groups -OCH3 is 2. The maximum absolute atomic E-state index is 11.9. The van der Waals surface area contributed by atoms with Gasteiger partial charge in [-0.3, -0.25) is 9.79 Å². The minimum absolute atomic E-state index is 0.00983. The lowest BCUT2D eigenvalue weighted by Crippen LogP contribution is -2.42. The van der Waals surface area contributed by atoms with Crippen LogP contribution in [0.15, 0.2) is 46.5 Å². The second kappa shape index (κ2) is 10.3. The average molecular weight is 495 g/mol. The highest BCUT2D eigenvalue weighted by Crippen LogP contribution is 2.42. The van der Waals surface area contributed by atoms with Crippen LogP contribution in [0, 0.1) is 0 Å². The lowest BCUT2D eigenvalue weighted by Gasteiger charge is -2.41. The molecule has 2 aliphatic rings. The van der Waals surface area contributed by atoms with Crippen molar-refractivity contribution in [1.29, 1.82) is 0 Å². The van der Waals surface area contributed by atoms with Crippen molar-refractivity contribution in [3.63, 3.8) is 0 Å². The Bertz CT molecular complexity index is 1180. The van der Waals surface area contributed by atoms with Gasteiger partial charge in [-0.15, -0.1) is 0 Å². The monoisotopic (exact) mass is 494 g/mol. The van der Waals surface area contributed by atoms with E-state index in [0.29, 0.717) is 18.0 Å². The third-order valence-electron chi connectivity index (χ3n) is 6.67. The molecule has 186 valence electrons. The zero-order valence-electron chi connectivity index (χ0n) is 21.3. The number of fused-ring (bicyclic) bond motifs is 1. The largest absolute Gasteiger partial charge is 0.493 e. The fraction of sp³-hybridized carbons (Fsp3) is 0.444. The predicted molar refractivity (Wildman–Crippen MR) is 145 cm³/mol. The summed E-state index contributed by atoms with van der Waals surface area (Å²) in [6, 6.07) is 12.5. The van der Waals surface area contributed by atoms with E-state index < -0.39 is 0 Å². The Morgan fingerprint density at radius 3 is 2.63 bits per heavy atom. The second-order valence-electron chi connectivity index (χ2n) is 9.30. The number of amides is 1. The molecule has 7 nitrogen and oxygen atoms in total. The van der Waals surface area contributed by atoms with E-state index in [1.54, 1.807) is 14.2 Å². The van der Waals surface area contributed by atoms with Crippen molar-refractivity contribution in [3.8, 4) is 11.5 Å². The Balaban J connectivity index is 1.79. The van der Waals surface area contributed by atoms with Crippen molar-refractivity contribution >= 4 is 34.2 Å². The standard InChI is InChI=1S/C27H34N4O3S/c1-7-23-24(29-30-26(32)35-23)17-9-11-20-19(15-17)27(3,4)13-14-31(20)25(28-8-2)18-10-12-21(33-5)22(16-18)34-6/h9-12,15-16,23H,7-8,13-14H2,1-6H3,(H,30,32)/b28-25-. The summed E-state index contributed by atoms with van der Waals surface area (Å²) >= 11 is 1.31. The Labute approximate surface area is 212 Å². The summed E-state index contributed by atoms with van der Waals surface area (Å²) in [5.74, 6) is 2.30. The zero-order chi connectivity index (χ0) is 25.2. The van der Waals surface area contributed by atoms with Gasteiger partial charge in [0.1, 0.15) is 5.84 Å². The van der Waals surface area contributed by atoms with Crippen molar-refractivity contribution < 1.29 is 14.3 Å². The summed E-state index contributed by atoms with van der Waals surface area (Å²) in [5.41, 5.74) is 8.00. The number of anilines is 1. The number of amidine groups is 1. The molecule has 1 amide bonds. The summed E-state index contributed by atoms with van der Waals surface area (Å²) in [6.45, 7) is 10.2. The molecule has 2 aliphatic heterocycles. The lowest BCUT2D eigenvalue weighted by molar-refractivity contribution is 0.260. The number of nitrogens with zero attached hydrogens (tertiary/aromatic N) is 3. The molecule has 8 heteroatoms. The van der Waals surface area contributed by atoms with Gasteiger partial charge < -0.3 is 14.4 Å². The summed E-state index contributed by atoms with van der Waals surface area (Å²) in [7, 11) is 3.29. The third kappa shape index (κ3) is 4.89. The molecule has 2 heterocycles.